The first kappa shape index (κ1) is 21.3. The Morgan fingerprint density at radius 3 is 2.60 bits per heavy atom. The molecule has 0 aliphatic carbocycles. The maximum absolute atomic E-state index is 12.4. The Morgan fingerprint density at radius 2 is 2.00 bits per heavy atom. The van der Waals surface area contributed by atoms with Crippen LogP contribution in [0.4, 0.5) is 11.6 Å². The van der Waals surface area contributed by atoms with Gasteiger partial charge in [-0.3, -0.25) is 4.79 Å². The molecule has 0 atom stereocenters. The van der Waals surface area contributed by atoms with Gasteiger partial charge in [-0.25, -0.2) is 14.8 Å². The van der Waals surface area contributed by atoms with Crippen LogP contribution in [0.1, 0.15) is 35.3 Å². The van der Waals surface area contributed by atoms with Crippen molar-refractivity contribution in [3.8, 4) is 10.4 Å². The summed E-state index contributed by atoms with van der Waals surface area (Å²) in [5.74, 6) is -1.06. The number of nitrogens with one attached hydrogen (secondary N) is 1. The molecule has 2 aromatic heterocycles. The van der Waals surface area contributed by atoms with E-state index in [0.29, 0.717) is 22.1 Å². The van der Waals surface area contributed by atoms with Crippen LogP contribution in [-0.2, 0) is 4.79 Å². The number of rotatable bonds is 6. The number of aromatic carboxylic acids is 1. The third-order valence-electron chi connectivity index (χ3n) is 4.82. The predicted molar refractivity (Wildman–Crippen MR) is 117 cm³/mol. The second kappa shape index (κ2) is 9.40. The van der Waals surface area contributed by atoms with Crippen LogP contribution in [0.5, 0.6) is 0 Å². The molecule has 6 N–H and O–H groups in total. The lowest BCUT2D eigenvalue weighted by Crippen LogP contribution is -2.31. The number of carboxylic acids is 1. The first-order chi connectivity index (χ1) is 14.5. The molecule has 2 aromatic rings. The molecule has 3 heterocycles. The lowest BCUT2D eigenvalue weighted by molar-refractivity contribution is -0.112. The predicted octanol–water partition coefficient (Wildman–Crippen LogP) is 2.46. The molecule has 9 nitrogen and oxygen atoms in total. The highest BCUT2D eigenvalue weighted by molar-refractivity contribution is 7.14. The fraction of sp³-hybridized carbons (Fsp3) is 0.300. The number of aryl methyl sites for hydroxylation is 1. The van der Waals surface area contributed by atoms with Gasteiger partial charge in [-0.05, 0) is 38.5 Å². The Kier molecular flexibility index (Phi) is 6.68. The lowest BCUT2D eigenvalue weighted by atomic mass is 10.1. The van der Waals surface area contributed by atoms with Crippen LogP contribution in [0.25, 0.3) is 10.4 Å². The zero-order chi connectivity index (χ0) is 21.7. The highest BCUT2D eigenvalue weighted by Crippen LogP contribution is 2.37. The van der Waals surface area contributed by atoms with Gasteiger partial charge in [-0.15, -0.1) is 11.3 Å². The Balaban J connectivity index is 1.93. The average molecular weight is 429 g/mol. The summed E-state index contributed by atoms with van der Waals surface area (Å²) in [6, 6.07) is 0. The summed E-state index contributed by atoms with van der Waals surface area (Å²) in [7, 11) is 0. The monoisotopic (exact) mass is 428 g/mol. The molecular weight excluding hydrogens is 404 g/mol. The van der Waals surface area contributed by atoms with Gasteiger partial charge in [0.15, 0.2) is 0 Å². The number of amides is 1. The highest BCUT2D eigenvalue weighted by atomic mass is 32.1. The Labute approximate surface area is 178 Å². The number of anilines is 2. The molecule has 3 rings (SSSR count). The number of carboxylic acid groups (broad SMARTS) is 1. The summed E-state index contributed by atoms with van der Waals surface area (Å²) in [6.45, 7) is 3.67. The van der Waals surface area contributed by atoms with Crippen molar-refractivity contribution in [2.24, 2.45) is 11.5 Å². The van der Waals surface area contributed by atoms with Crippen LogP contribution >= 0.6 is 11.3 Å². The number of nitrogens with two attached hydrogens (primary N) is 2. The van der Waals surface area contributed by atoms with E-state index >= 15 is 0 Å². The third kappa shape index (κ3) is 4.43. The quantitative estimate of drug-likeness (QED) is 0.405. The van der Waals surface area contributed by atoms with E-state index in [9.17, 15) is 14.7 Å². The van der Waals surface area contributed by atoms with Gasteiger partial charge in [0.25, 0.3) is 5.91 Å². The minimum Gasteiger partial charge on any atom is -0.478 e. The number of carbonyl (C=O) groups is 2. The second-order valence-electron chi connectivity index (χ2n) is 6.81. The summed E-state index contributed by atoms with van der Waals surface area (Å²) in [5.41, 5.74) is 12.3. The molecule has 1 aliphatic rings. The molecule has 30 heavy (non-hydrogen) atoms. The first-order valence-corrected chi connectivity index (χ1v) is 10.4. The fourth-order valence-electron chi connectivity index (χ4n) is 3.29. The molecule has 0 unspecified atom stereocenters. The van der Waals surface area contributed by atoms with Crippen LogP contribution < -0.4 is 21.7 Å². The average Bonchev–Trinajstić information content (AvgIpc) is 3.15. The van der Waals surface area contributed by atoms with Gasteiger partial charge >= 0.3 is 5.97 Å². The number of hydrogen-bond donors (Lipinski definition) is 4. The first-order valence-electron chi connectivity index (χ1n) is 9.51. The van der Waals surface area contributed by atoms with E-state index < -0.39 is 11.9 Å². The summed E-state index contributed by atoms with van der Waals surface area (Å²) < 4.78 is 0. The third-order valence-corrected chi connectivity index (χ3v) is 5.83. The molecule has 10 heteroatoms. The molecule has 1 amide bonds. The summed E-state index contributed by atoms with van der Waals surface area (Å²) in [4.78, 5) is 36.0. The largest absolute Gasteiger partial charge is 0.478 e. The number of aromatic nitrogens is 2. The standard InChI is InChI=1S/C20H24N6O3S/c1-12-14(10-23-20(24-12)26-7-3-2-4-8-26)17-16(19(28)29)15(11-30-17)25-18(27)13(9-22)5-6-21/h5-6,9-11H,2-4,7-8,21-22H2,1H3,(H,25,27)(H,28,29)/b6-5-,13-9+. The molecule has 1 aliphatic heterocycles. The SMILES string of the molecule is Cc1nc(N2CCCCC2)ncc1-c1scc(NC(=O)C(/C=C\N)=C/N)c1C(=O)O. The van der Waals surface area contributed by atoms with Crippen LogP contribution in [0.15, 0.2) is 35.6 Å². The highest BCUT2D eigenvalue weighted by Gasteiger charge is 2.24. The van der Waals surface area contributed by atoms with Crippen LogP contribution in [0.3, 0.4) is 0 Å². The number of thiophene rings is 1. The van der Waals surface area contributed by atoms with Crippen molar-refractivity contribution in [2.75, 3.05) is 23.3 Å². The van der Waals surface area contributed by atoms with Gasteiger partial charge in [0, 0.05) is 36.4 Å². The van der Waals surface area contributed by atoms with E-state index in [1.165, 1.54) is 30.0 Å². The number of nitrogens with zero attached hydrogens (tertiary/aromatic N) is 3. The normalized spacial score (nSPS) is 14.8. The Bertz CT molecular complexity index is 1010. The summed E-state index contributed by atoms with van der Waals surface area (Å²) in [6.07, 6.45) is 8.70. The van der Waals surface area contributed by atoms with Gasteiger partial charge in [0.1, 0.15) is 5.56 Å². The van der Waals surface area contributed by atoms with E-state index in [-0.39, 0.29) is 16.8 Å². The second-order valence-corrected chi connectivity index (χ2v) is 7.69. The van der Waals surface area contributed by atoms with Crippen molar-refractivity contribution < 1.29 is 14.7 Å². The van der Waals surface area contributed by atoms with E-state index in [4.69, 9.17) is 11.5 Å². The van der Waals surface area contributed by atoms with Crippen LogP contribution in [0, 0.1) is 6.92 Å². The molecule has 0 bridgehead atoms. The molecule has 0 radical (unpaired) electrons. The van der Waals surface area contributed by atoms with Crippen LogP contribution in [0.2, 0.25) is 0 Å². The van der Waals surface area contributed by atoms with Gasteiger partial charge in [-0.2, -0.15) is 0 Å². The Morgan fingerprint density at radius 1 is 1.27 bits per heavy atom. The van der Waals surface area contributed by atoms with Crippen molar-refractivity contribution in [1.82, 2.24) is 9.97 Å². The zero-order valence-corrected chi connectivity index (χ0v) is 17.4. The van der Waals surface area contributed by atoms with Crippen molar-refractivity contribution in [3.63, 3.8) is 0 Å². The molecular formula is C20H24N6O3S. The number of carbonyl (C=O) groups excluding carboxylic acids is 1. The summed E-state index contributed by atoms with van der Waals surface area (Å²) in [5, 5.41) is 14.0. The minimum atomic E-state index is -1.16. The fourth-order valence-corrected chi connectivity index (χ4v) is 4.34. The van der Waals surface area contributed by atoms with E-state index in [1.807, 2.05) is 6.92 Å². The van der Waals surface area contributed by atoms with E-state index in [0.717, 1.165) is 32.1 Å². The van der Waals surface area contributed by atoms with Gasteiger partial charge < -0.3 is 26.8 Å². The maximum atomic E-state index is 12.4. The lowest BCUT2D eigenvalue weighted by Gasteiger charge is -2.26. The summed E-state index contributed by atoms with van der Waals surface area (Å²) >= 11 is 1.21. The topological polar surface area (TPSA) is 147 Å². The number of piperidine rings is 1. The van der Waals surface area contributed by atoms with Crippen LogP contribution in [-0.4, -0.2) is 40.0 Å². The molecule has 1 fully saturated rings. The van der Waals surface area contributed by atoms with Crippen molar-refractivity contribution in [3.05, 3.63) is 46.9 Å². The minimum absolute atomic E-state index is 0.0149. The molecule has 0 saturated carbocycles. The number of hydrogen-bond acceptors (Lipinski definition) is 8. The Hall–Kier alpha value is -3.40. The van der Waals surface area contributed by atoms with E-state index in [2.05, 4.69) is 20.2 Å². The van der Waals surface area contributed by atoms with Crippen molar-refractivity contribution >= 4 is 34.8 Å². The molecule has 1 saturated heterocycles. The molecule has 0 spiro atoms. The van der Waals surface area contributed by atoms with Gasteiger partial charge in [-0.1, -0.05) is 0 Å². The van der Waals surface area contributed by atoms with Crippen molar-refractivity contribution in [2.45, 2.75) is 26.2 Å². The zero-order valence-electron chi connectivity index (χ0n) is 16.6. The van der Waals surface area contributed by atoms with Gasteiger partial charge in [0.2, 0.25) is 5.95 Å². The molecule has 0 aromatic carbocycles. The molecule has 158 valence electrons. The smallest absolute Gasteiger partial charge is 0.339 e. The van der Waals surface area contributed by atoms with Crippen molar-refractivity contribution in [1.29, 1.82) is 0 Å². The maximum Gasteiger partial charge on any atom is 0.339 e. The van der Waals surface area contributed by atoms with E-state index in [1.54, 1.807) is 11.6 Å². The van der Waals surface area contributed by atoms with Gasteiger partial charge in [0.05, 0.1) is 21.8 Å².